The lowest BCUT2D eigenvalue weighted by Gasteiger charge is -2.26. The van der Waals surface area contributed by atoms with Crippen LogP contribution in [-0.2, 0) is 16.6 Å². The first kappa shape index (κ1) is 15.5. The molecule has 6 heteroatoms. The zero-order valence-corrected chi connectivity index (χ0v) is 12.9. The first-order valence-corrected chi connectivity index (χ1v) is 8.59. The van der Waals surface area contributed by atoms with Crippen LogP contribution >= 0.6 is 0 Å². The Morgan fingerprint density at radius 3 is 2.40 bits per heavy atom. The lowest BCUT2D eigenvalue weighted by molar-refractivity contribution is 0.244. The Balaban J connectivity index is 2.25. The van der Waals surface area contributed by atoms with Crippen molar-refractivity contribution in [2.75, 3.05) is 7.05 Å². The van der Waals surface area contributed by atoms with Gasteiger partial charge in [0.15, 0.2) is 0 Å². The Hall–Kier alpha value is -0.850. The monoisotopic (exact) mass is 301 g/mol. The molecular formula is C14H23NO4S. The van der Waals surface area contributed by atoms with E-state index in [1.54, 1.807) is 14.0 Å². The van der Waals surface area contributed by atoms with Gasteiger partial charge in [0, 0.05) is 19.2 Å². The maximum absolute atomic E-state index is 12.7. The van der Waals surface area contributed by atoms with Gasteiger partial charge in [0.2, 0.25) is 10.0 Å². The second-order valence-corrected chi connectivity index (χ2v) is 7.42. The van der Waals surface area contributed by atoms with Gasteiger partial charge in [-0.25, -0.2) is 8.42 Å². The number of hydrogen-bond donors (Lipinski definition) is 1. The summed E-state index contributed by atoms with van der Waals surface area (Å²) in [6.07, 6.45) is 6.36. The first-order valence-electron chi connectivity index (χ1n) is 7.15. The van der Waals surface area contributed by atoms with E-state index >= 15 is 0 Å². The van der Waals surface area contributed by atoms with Gasteiger partial charge in [-0.15, -0.1) is 0 Å². The molecule has 1 aliphatic carbocycles. The summed E-state index contributed by atoms with van der Waals surface area (Å²) < 4.78 is 32.1. The van der Waals surface area contributed by atoms with Crippen molar-refractivity contribution < 1.29 is 17.9 Å². The highest BCUT2D eigenvalue weighted by Crippen LogP contribution is 2.28. The van der Waals surface area contributed by atoms with Gasteiger partial charge in [0.1, 0.15) is 23.0 Å². The Bertz CT molecular complexity index is 542. The number of aliphatic hydroxyl groups is 1. The van der Waals surface area contributed by atoms with Crippen molar-refractivity contribution in [3.63, 3.8) is 0 Å². The van der Waals surface area contributed by atoms with Gasteiger partial charge >= 0.3 is 0 Å². The van der Waals surface area contributed by atoms with E-state index in [4.69, 9.17) is 9.52 Å². The summed E-state index contributed by atoms with van der Waals surface area (Å²) in [6.45, 7) is 1.33. The Morgan fingerprint density at radius 1 is 1.30 bits per heavy atom. The number of furan rings is 1. The molecule has 1 N–H and O–H groups in total. The van der Waals surface area contributed by atoms with Gasteiger partial charge in [-0.2, -0.15) is 4.31 Å². The second-order valence-electron chi connectivity index (χ2n) is 5.46. The summed E-state index contributed by atoms with van der Waals surface area (Å²) in [5, 5.41) is 9.06. The van der Waals surface area contributed by atoms with Crippen LogP contribution in [0.1, 0.15) is 50.0 Å². The molecule has 1 heterocycles. The van der Waals surface area contributed by atoms with Crippen molar-refractivity contribution in [2.24, 2.45) is 0 Å². The highest BCUT2D eigenvalue weighted by molar-refractivity contribution is 7.89. The maximum Gasteiger partial charge on any atom is 0.246 e. The topological polar surface area (TPSA) is 70.8 Å². The van der Waals surface area contributed by atoms with E-state index in [9.17, 15) is 8.42 Å². The smallest absolute Gasteiger partial charge is 0.246 e. The van der Waals surface area contributed by atoms with Gasteiger partial charge in [-0.1, -0.05) is 25.7 Å². The standard InChI is InChI=1S/C14H23NO4S/c1-11-14(9-13(10-16)19-11)20(17,18)15(2)12-7-5-3-4-6-8-12/h9,12,16H,3-8,10H2,1-2H3. The summed E-state index contributed by atoms with van der Waals surface area (Å²) in [4.78, 5) is 0.174. The fourth-order valence-corrected chi connectivity index (χ4v) is 4.43. The zero-order chi connectivity index (χ0) is 14.8. The molecule has 20 heavy (non-hydrogen) atoms. The number of nitrogens with zero attached hydrogens (tertiary/aromatic N) is 1. The molecule has 0 aliphatic heterocycles. The summed E-state index contributed by atoms with van der Waals surface area (Å²) in [5.74, 6) is 0.630. The predicted octanol–water partition coefficient (Wildman–Crippen LogP) is 2.42. The van der Waals surface area contributed by atoms with E-state index in [1.807, 2.05) is 0 Å². The number of sulfonamides is 1. The van der Waals surface area contributed by atoms with Crippen molar-refractivity contribution in [3.05, 3.63) is 17.6 Å². The van der Waals surface area contributed by atoms with E-state index in [1.165, 1.54) is 23.2 Å². The van der Waals surface area contributed by atoms with Gasteiger partial charge in [0.05, 0.1) is 0 Å². The average Bonchev–Trinajstić information content (AvgIpc) is 2.64. The van der Waals surface area contributed by atoms with Crippen LogP contribution in [0.2, 0.25) is 0 Å². The minimum atomic E-state index is -3.55. The molecule has 0 unspecified atom stereocenters. The van der Waals surface area contributed by atoms with Crippen LogP contribution in [-0.4, -0.2) is 30.9 Å². The van der Waals surface area contributed by atoms with Crippen LogP contribution in [0.3, 0.4) is 0 Å². The van der Waals surface area contributed by atoms with E-state index < -0.39 is 10.0 Å². The highest BCUT2D eigenvalue weighted by atomic mass is 32.2. The van der Waals surface area contributed by atoms with Gasteiger partial charge in [0.25, 0.3) is 0 Å². The van der Waals surface area contributed by atoms with E-state index in [0.717, 1.165) is 25.7 Å². The number of aryl methyl sites for hydroxylation is 1. The van der Waals surface area contributed by atoms with Gasteiger partial charge in [-0.3, -0.25) is 0 Å². The molecule has 5 nitrogen and oxygen atoms in total. The highest BCUT2D eigenvalue weighted by Gasteiger charge is 2.31. The van der Waals surface area contributed by atoms with Crippen LogP contribution in [0.25, 0.3) is 0 Å². The van der Waals surface area contributed by atoms with Crippen LogP contribution in [0.4, 0.5) is 0 Å². The molecule has 1 saturated carbocycles. The van der Waals surface area contributed by atoms with Crippen molar-refractivity contribution in [1.29, 1.82) is 0 Å². The van der Waals surface area contributed by atoms with E-state index in [2.05, 4.69) is 0 Å². The van der Waals surface area contributed by atoms with Gasteiger partial charge in [-0.05, 0) is 19.8 Å². The zero-order valence-electron chi connectivity index (χ0n) is 12.1. The van der Waals surface area contributed by atoms with Crippen LogP contribution in [0, 0.1) is 6.92 Å². The molecule has 2 rings (SSSR count). The van der Waals surface area contributed by atoms with Crippen LogP contribution in [0.15, 0.2) is 15.4 Å². The average molecular weight is 301 g/mol. The number of aliphatic hydroxyl groups excluding tert-OH is 1. The summed E-state index contributed by atoms with van der Waals surface area (Å²) >= 11 is 0. The molecule has 0 bridgehead atoms. The van der Waals surface area contributed by atoms with Gasteiger partial charge < -0.3 is 9.52 Å². The SMILES string of the molecule is Cc1oc(CO)cc1S(=O)(=O)N(C)C1CCCCCC1. The third-order valence-electron chi connectivity index (χ3n) is 4.08. The molecular weight excluding hydrogens is 278 g/mol. The van der Waals surface area contributed by atoms with E-state index in [-0.39, 0.29) is 23.3 Å². The molecule has 0 saturated heterocycles. The Kier molecular flexibility index (Phi) is 4.88. The van der Waals surface area contributed by atoms with Crippen molar-refractivity contribution >= 4 is 10.0 Å². The lowest BCUT2D eigenvalue weighted by Crippen LogP contribution is -2.36. The third-order valence-corrected chi connectivity index (χ3v) is 6.09. The molecule has 0 spiro atoms. The molecule has 1 aromatic heterocycles. The molecule has 1 fully saturated rings. The molecule has 1 aliphatic rings. The number of rotatable bonds is 4. The van der Waals surface area contributed by atoms with Crippen molar-refractivity contribution in [2.45, 2.75) is 63.0 Å². The fourth-order valence-electron chi connectivity index (χ4n) is 2.83. The molecule has 0 aromatic carbocycles. The maximum atomic E-state index is 12.7. The van der Waals surface area contributed by atoms with Crippen molar-refractivity contribution in [1.82, 2.24) is 4.31 Å². The van der Waals surface area contributed by atoms with Crippen molar-refractivity contribution in [3.8, 4) is 0 Å². The molecule has 0 atom stereocenters. The fraction of sp³-hybridized carbons (Fsp3) is 0.714. The quantitative estimate of drug-likeness (QED) is 0.867. The molecule has 1 aromatic rings. The second kappa shape index (κ2) is 6.28. The van der Waals surface area contributed by atoms with E-state index in [0.29, 0.717) is 5.76 Å². The largest absolute Gasteiger partial charge is 0.462 e. The minimum Gasteiger partial charge on any atom is -0.462 e. The summed E-state index contributed by atoms with van der Waals surface area (Å²) in [5.41, 5.74) is 0. The summed E-state index contributed by atoms with van der Waals surface area (Å²) in [6, 6.07) is 1.49. The Morgan fingerprint density at radius 2 is 1.90 bits per heavy atom. The minimum absolute atomic E-state index is 0.0642. The van der Waals surface area contributed by atoms with Crippen LogP contribution < -0.4 is 0 Å². The Labute approximate surface area is 120 Å². The normalized spacial score (nSPS) is 18.4. The molecule has 0 radical (unpaired) electrons. The number of hydrogen-bond acceptors (Lipinski definition) is 4. The summed E-state index contributed by atoms with van der Waals surface area (Å²) in [7, 11) is -1.90. The predicted molar refractivity (Wildman–Crippen MR) is 75.8 cm³/mol. The molecule has 114 valence electrons. The van der Waals surface area contributed by atoms with Crippen LogP contribution in [0.5, 0.6) is 0 Å². The first-order chi connectivity index (χ1) is 9.46. The third kappa shape index (κ3) is 3.07. The molecule has 0 amide bonds. The lowest BCUT2D eigenvalue weighted by atomic mass is 10.1.